The van der Waals surface area contributed by atoms with Crippen molar-refractivity contribution >= 4 is 16.8 Å². The summed E-state index contributed by atoms with van der Waals surface area (Å²) in [6.45, 7) is 8.97. The van der Waals surface area contributed by atoms with Crippen LogP contribution < -0.4 is 5.32 Å². The van der Waals surface area contributed by atoms with Crippen molar-refractivity contribution in [2.24, 2.45) is 11.8 Å². The molecule has 3 aromatic rings. The molecule has 5 rings (SSSR count). The van der Waals surface area contributed by atoms with E-state index in [2.05, 4.69) is 68.1 Å². The maximum Gasteiger partial charge on any atom is 0.226 e. The zero-order valence-electron chi connectivity index (χ0n) is 19.4. The largest absolute Gasteiger partial charge is 0.381 e. The van der Waals surface area contributed by atoms with E-state index in [9.17, 15) is 4.79 Å². The van der Waals surface area contributed by atoms with Crippen molar-refractivity contribution in [1.29, 1.82) is 0 Å². The van der Waals surface area contributed by atoms with Crippen molar-refractivity contribution in [2.75, 3.05) is 26.3 Å². The summed E-state index contributed by atoms with van der Waals surface area (Å²) in [6, 6.07) is 10.4. The number of hydrogen-bond donors (Lipinski definition) is 1. The number of amides is 1. The number of nitrogens with one attached hydrogen (secondary N) is 1. The van der Waals surface area contributed by atoms with Crippen LogP contribution in [-0.2, 0) is 29.0 Å². The van der Waals surface area contributed by atoms with Gasteiger partial charge in [-0.2, -0.15) is 0 Å². The third kappa shape index (κ3) is 4.77. The van der Waals surface area contributed by atoms with Gasteiger partial charge in [0.2, 0.25) is 5.91 Å². The Bertz CT molecular complexity index is 1120. The average Bonchev–Trinajstić information content (AvgIpc) is 3.45. The quantitative estimate of drug-likeness (QED) is 0.624. The minimum Gasteiger partial charge on any atom is -0.381 e. The van der Waals surface area contributed by atoms with E-state index in [-0.39, 0.29) is 23.8 Å². The summed E-state index contributed by atoms with van der Waals surface area (Å²) in [5.41, 5.74) is 2.32. The van der Waals surface area contributed by atoms with E-state index in [0.29, 0.717) is 13.2 Å². The summed E-state index contributed by atoms with van der Waals surface area (Å²) in [6.07, 6.45) is 3.46. The summed E-state index contributed by atoms with van der Waals surface area (Å²) < 4.78 is 7.62. The molecule has 1 N–H and O–H groups in total. The number of nitrogens with zero attached hydrogens (tertiary/aromatic N) is 5. The molecular formula is C25H32N6O2. The molecule has 0 spiro atoms. The first-order chi connectivity index (χ1) is 16.1. The lowest BCUT2D eigenvalue weighted by Gasteiger charge is -2.24. The molecule has 0 bridgehead atoms. The molecule has 2 aliphatic rings. The highest BCUT2D eigenvalue weighted by molar-refractivity contribution is 5.79. The van der Waals surface area contributed by atoms with Gasteiger partial charge in [-0.3, -0.25) is 14.7 Å². The molecule has 2 unspecified atom stereocenters. The van der Waals surface area contributed by atoms with Crippen LogP contribution in [0.1, 0.15) is 43.5 Å². The van der Waals surface area contributed by atoms with Gasteiger partial charge in [0.1, 0.15) is 5.82 Å². The normalized spacial score (nSPS) is 20.0. The fourth-order valence-electron chi connectivity index (χ4n) is 4.80. The summed E-state index contributed by atoms with van der Waals surface area (Å²) in [5.74, 6) is 2.08. The molecule has 174 valence electrons. The zero-order valence-corrected chi connectivity index (χ0v) is 19.4. The Morgan fingerprint density at radius 2 is 2.12 bits per heavy atom. The topological polar surface area (TPSA) is 85.2 Å². The molecule has 33 heavy (non-hydrogen) atoms. The highest BCUT2D eigenvalue weighted by Crippen LogP contribution is 2.25. The predicted octanol–water partition coefficient (Wildman–Crippen LogP) is 2.73. The Morgan fingerprint density at radius 3 is 2.94 bits per heavy atom. The Labute approximate surface area is 194 Å². The van der Waals surface area contributed by atoms with Gasteiger partial charge in [0.05, 0.1) is 24.1 Å². The van der Waals surface area contributed by atoms with Crippen LogP contribution in [0.25, 0.3) is 10.9 Å². The van der Waals surface area contributed by atoms with Crippen LogP contribution in [0.15, 0.2) is 36.5 Å². The molecule has 1 amide bonds. The van der Waals surface area contributed by atoms with Crippen LogP contribution >= 0.6 is 0 Å². The maximum absolute atomic E-state index is 12.8. The van der Waals surface area contributed by atoms with Gasteiger partial charge in [-0.1, -0.05) is 26.0 Å². The molecular weight excluding hydrogens is 416 g/mol. The fourth-order valence-corrected chi connectivity index (χ4v) is 4.80. The van der Waals surface area contributed by atoms with Crippen LogP contribution in [0.4, 0.5) is 0 Å². The van der Waals surface area contributed by atoms with Crippen molar-refractivity contribution in [1.82, 2.24) is 30.0 Å². The van der Waals surface area contributed by atoms with Crippen molar-refractivity contribution in [3.8, 4) is 0 Å². The standard InChI is InChI=1S/C25H32N6O2/c1-17(2)23(27-25(32)20-8-13-33-16-20)24-29-28-22-7-10-30(11-12-31(22)24)15-18-5-6-21-19(14-18)4-3-9-26-21/h3-6,9,14,17,20,23H,7-8,10-13,15-16H2,1-2H3,(H,27,32). The van der Waals surface area contributed by atoms with Crippen LogP contribution in [0.3, 0.4) is 0 Å². The van der Waals surface area contributed by atoms with Gasteiger partial charge in [0.25, 0.3) is 0 Å². The van der Waals surface area contributed by atoms with Crippen molar-refractivity contribution in [3.63, 3.8) is 0 Å². The van der Waals surface area contributed by atoms with E-state index in [1.54, 1.807) is 0 Å². The van der Waals surface area contributed by atoms with Gasteiger partial charge in [-0.05, 0) is 36.1 Å². The molecule has 2 aromatic heterocycles. The smallest absolute Gasteiger partial charge is 0.226 e. The lowest BCUT2D eigenvalue weighted by Crippen LogP contribution is -2.38. The number of pyridine rings is 1. The minimum atomic E-state index is -0.154. The second-order valence-corrected chi connectivity index (χ2v) is 9.47. The molecule has 0 saturated carbocycles. The van der Waals surface area contributed by atoms with Gasteiger partial charge >= 0.3 is 0 Å². The summed E-state index contributed by atoms with van der Waals surface area (Å²) in [5, 5.41) is 13.4. The first-order valence-corrected chi connectivity index (χ1v) is 11.9. The Kier molecular flexibility index (Phi) is 6.37. The minimum absolute atomic E-state index is 0.0598. The number of carbonyl (C=O) groups excluding carboxylic acids is 1. The molecule has 8 nitrogen and oxygen atoms in total. The van der Waals surface area contributed by atoms with Crippen LogP contribution in [-0.4, -0.2) is 56.9 Å². The van der Waals surface area contributed by atoms with Gasteiger partial charge in [0.15, 0.2) is 5.82 Å². The highest BCUT2D eigenvalue weighted by atomic mass is 16.5. The molecule has 2 aliphatic heterocycles. The summed E-state index contributed by atoms with van der Waals surface area (Å²) in [4.78, 5) is 19.7. The number of benzene rings is 1. The zero-order chi connectivity index (χ0) is 22.8. The van der Waals surface area contributed by atoms with Gasteiger partial charge < -0.3 is 14.6 Å². The fraction of sp³-hybridized carbons (Fsp3) is 0.520. The van der Waals surface area contributed by atoms with Crippen LogP contribution in [0.5, 0.6) is 0 Å². The number of ether oxygens (including phenoxy) is 1. The van der Waals surface area contributed by atoms with E-state index >= 15 is 0 Å². The highest BCUT2D eigenvalue weighted by Gasteiger charge is 2.31. The van der Waals surface area contributed by atoms with Gasteiger partial charge in [-0.25, -0.2) is 0 Å². The molecule has 1 aromatic carbocycles. The lowest BCUT2D eigenvalue weighted by atomic mass is 10.0. The summed E-state index contributed by atoms with van der Waals surface area (Å²) in [7, 11) is 0. The molecule has 0 aliphatic carbocycles. The second kappa shape index (κ2) is 9.57. The van der Waals surface area contributed by atoms with E-state index in [0.717, 1.165) is 56.2 Å². The Balaban J connectivity index is 1.28. The Hall–Kier alpha value is -2.84. The average molecular weight is 449 g/mol. The van der Waals surface area contributed by atoms with Crippen molar-refractivity contribution in [3.05, 3.63) is 53.7 Å². The number of fused-ring (bicyclic) bond motifs is 2. The van der Waals surface area contributed by atoms with E-state index in [4.69, 9.17) is 4.74 Å². The molecule has 1 fully saturated rings. The Morgan fingerprint density at radius 1 is 1.21 bits per heavy atom. The number of hydrogen-bond acceptors (Lipinski definition) is 6. The number of carbonyl (C=O) groups is 1. The lowest BCUT2D eigenvalue weighted by molar-refractivity contribution is -0.126. The maximum atomic E-state index is 12.8. The van der Waals surface area contributed by atoms with E-state index in [1.165, 1.54) is 10.9 Å². The SMILES string of the molecule is CC(C)C(NC(=O)C1CCOC1)c1nnc2n1CCN(Cc1ccc3ncccc3c1)CC2. The molecule has 4 heterocycles. The van der Waals surface area contributed by atoms with Crippen molar-refractivity contribution in [2.45, 2.75) is 45.8 Å². The van der Waals surface area contributed by atoms with Crippen molar-refractivity contribution < 1.29 is 9.53 Å². The molecule has 1 saturated heterocycles. The first-order valence-electron chi connectivity index (χ1n) is 11.9. The first kappa shape index (κ1) is 22.0. The van der Waals surface area contributed by atoms with Crippen LogP contribution in [0, 0.1) is 11.8 Å². The van der Waals surface area contributed by atoms with E-state index in [1.807, 2.05) is 12.3 Å². The monoisotopic (exact) mass is 448 g/mol. The van der Waals surface area contributed by atoms with Gasteiger partial charge in [0, 0.05) is 50.8 Å². The summed E-state index contributed by atoms with van der Waals surface area (Å²) >= 11 is 0. The number of aromatic nitrogens is 4. The van der Waals surface area contributed by atoms with Crippen LogP contribution in [0.2, 0.25) is 0 Å². The third-order valence-electron chi connectivity index (χ3n) is 6.76. The second-order valence-electron chi connectivity index (χ2n) is 9.47. The molecule has 0 radical (unpaired) electrons. The van der Waals surface area contributed by atoms with Gasteiger partial charge in [-0.15, -0.1) is 10.2 Å². The number of rotatable bonds is 6. The predicted molar refractivity (Wildman–Crippen MR) is 125 cm³/mol. The molecule has 2 atom stereocenters. The van der Waals surface area contributed by atoms with E-state index < -0.39 is 0 Å². The third-order valence-corrected chi connectivity index (χ3v) is 6.76. The molecule has 8 heteroatoms.